The molecule has 0 heterocycles. The molecule has 0 aromatic heterocycles. The second kappa shape index (κ2) is 11.7. The SMILES string of the molecule is CCOC(=O)C=Cc1ccc(COc2ccccc2)cc1OCCc1ccc2ccccc2c1. The first-order valence-corrected chi connectivity index (χ1v) is 11.5. The summed E-state index contributed by atoms with van der Waals surface area (Å²) in [5, 5.41) is 2.45. The highest BCUT2D eigenvalue weighted by atomic mass is 16.5. The summed E-state index contributed by atoms with van der Waals surface area (Å²) in [6.07, 6.45) is 3.93. The number of esters is 1. The van der Waals surface area contributed by atoms with Gasteiger partial charge in [-0.15, -0.1) is 0 Å². The van der Waals surface area contributed by atoms with Crippen LogP contribution in [0.25, 0.3) is 16.8 Å². The van der Waals surface area contributed by atoms with E-state index in [1.807, 2.05) is 60.7 Å². The summed E-state index contributed by atoms with van der Waals surface area (Å²) in [5.41, 5.74) is 3.01. The number of hydrogen-bond donors (Lipinski definition) is 0. The Labute approximate surface area is 200 Å². The van der Waals surface area contributed by atoms with E-state index in [2.05, 4.69) is 30.3 Å². The van der Waals surface area contributed by atoms with Gasteiger partial charge in [0.25, 0.3) is 0 Å². The lowest BCUT2D eigenvalue weighted by molar-refractivity contribution is -0.137. The van der Waals surface area contributed by atoms with Gasteiger partial charge in [-0.3, -0.25) is 0 Å². The third-order valence-corrected chi connectivity index (χ3v) is 5.37. The van der Waals surface area contributed by atoms with Gasteiger partial charge < -0.3 is 14.2 Å². The fraction of sp³-hybridized carbons (Fsp3) is 0.167. The maximum Gasteiger partial charge on any atom is 0.330 e. The molecule has 0 spiro atoms. The van der Waals surface area contributed by atoms with Crippen LogP contribution in [0.15, 0.2) is 97.1 Å². The van der Waals surface area contributed by atoms with E-state index in [1.54, 1.807) is 13.0 Å². The Morgan fingerprint density at radius 1 is 0.794 bits per heavy atom. The van der Waals surface area contributed by atoms with Gasteiger partial charge in [0.15, 0.2) is 0 Å². The van der Waals surface area contributed by atoms with Crippen molar-refractivity contribution in [2.45, 2.75) is 20.0 Å². The van der Waals surface area contributed by atoms with Gasteiger partial charge >= 0.3 is 5.97 Å². The summed E-state index contributed by atoms with van der Waals surface area (Å²) < 4.78 is 17.1. The molecule has 0 radical (unpaired) electrons. The molecule has 0 saturated carbocycles. The highest BCUT2D eigenvalue weighted by Crippen LogP contribution is 2.24. The molecule has 4 rings (SSSR count). The number of hydrogen-bond acceptors (Lipinski definition) is 4. The van der Waals surface area contributed by atoms with Gasteiger partial charge in [0.1, 0.15) is 18.1 Å². The first kappa shape index (κ1) is 23.1. The Hall–Kier alpha value is -4.05. The van der Waals surface area contributed by atoms with Crippen LogP contribution in [0.1, 0.15) is 23.6 Å². The van der Waals surface area contributed by atoms with Crippen LogP contribution in [0, 0.1) is 0 Å². The van der Waals surface area contributed by atoms with E-state index in [1.165, 1.54) is 22.4 Å². The molecule has 172 valence electrons. The zero-order valence-corrected chi connectivity index (χ0v) is 19.3. The van der Waals surface area contributed by atoms with Crippen LogP contribution in [-0.2, 0) is 22.6 Å². The first-order valence-electron chi connectivity index (χ1n) is 11.5. The van der Waals surface area contributed by atoms with Gasteiger partial charge in [-0.2, -0.15) is 0 Å². The molecule has 0 amide bonds. The average molecular weight is 453 g/mol. The van der Waals surface area contributed by atoms with E-state index < -0.39 is 0 Å². The monoisotopic (exact) mass is 452 g/mol. The third kappa shape index (κ3) is 6.48. The Bertz CT molecular complexity index is 1260. The Kier molecular flexibility index (Phi) is 7.96. The molecule has 4 nitrogen and oxygen atoms in total. The maximum atomic E-state index is 11.8. The maximum absolute atomic E-state index is 11.8. The largest absolute Gasteiger partial charge is 0.493 e. The lowest BCUT2D eigenvalue weighted by atomic mass is 10.1. The number of carbonyl (C=O) groups is 1. The lowest BCUT2D eigenvalue weighted by Crippen LogP contribution is -2.04. The Morgan fingerprint density at radius 2 is 1.56 bits per heavy atom. The van der Waals surface area contributed by atoms with Crippen LogP contribution in [0.5, 0.6) is 11.5 Å². The average Bonchev–Trinajstić information content (AvgIpc) is 2.87. The van der Waals surface area contributed by atoms with Gasteiger partial charge in [0.05, 0.1) is 13.2 Å². The molecule has 0 aliphatic heterocycles. The normalized spacial score (nSPS) is 11.0. The fourth-order valence-corrected chi connectivity index (χ4v) is 3.64. The van der Waals surface area contributed by atoms with Gasteiger partial charge in [0.2, 0.25) is 0 Å². The van der Waals surface area contributed by atoms with E-state index in [0.717, 1.165) is 23.3 Å². The summed E-state index contributed by atoms with van der Waals surface area (Å²) in [6.45, 7) is 3.07. The number of fused-ring (bicyclic) bond motifs is 1. The molecule has 4 aromatic rings. The van der Waals surface area contributed by atoms with Gasteiger partial charge in [-0.25, -0.2) is 4.79 Å². The molecule has 0 saturated heterocycles. The highest BCUT2D eigenvalue weighted by Gasteiger charge is 2.07. The molecule has 0 aliphatic carbocycles. The minimum Gasteiger partial charge on any atom is -0.493 e. The second-order valence-corrected chi connectivity index (χ2v) is 7.84. The molecule has 0 N–H and O–H groups in total. The molecule has 0 fully saturated rings. The van der Waals surface area contributed by atoms with Crippen LogP contribution in [0.3, 0.4) is 0 Å². The molecule has 0 bridgehead atoms. The molecule has 0 atom stereocenters. The van der Waals surface area contributed by atoms with E-state index >= 15 is 0 Å². The summed E-state index contributed by atoms with van der Waals surface area (Å²) in [7, 11) is 0. The van der Waals surface area contributed by atoms with E-state index in [0.29, 0.717) is 25.6 Å². The molecule has 34 heavy (non-hydrogen) atoms. The van der Waals surface area contributed by atoms with Crippen molar-refractivity contribution in [1.29, 1.82) is 0 Å². The smallest absolute Gasteiger partial charge is 0.330 e. The van der Waals surface area contributed by atoms with E-state index in [4.69, 9.17) is 14.2 Å². The van der Waals surface area contributed by atoms with Crippen LogP contribution in [0.4, 0.5) is 0 Å². The van der Waals surface area contributed by atoms with E-state index in [9.17, 15) is 4.79 Å². The van der Waals surface area contributed by atoms with Crippen LogP contribution in [-0.4, -0.2) is 19.2 Å². The highest BCUT2D eigenvalue weighted by molar-refractivity contribution is 5.87. The van der Waals surface area contributed by atoms with Crippen LogP contribution >= 0.6 is 0 Å². The van der Waals surface area contributed by atoms with Crippen molar-refractivity contribution in [2.24, 2.45) is 0 Å². The van der Waals surface area contributed by atoms with Crippen LogP contribution in [0.2, 0.25) is 0 Å². The van der Waals surface area contributed by atoms with Gasteiger partial charge in [-0.05, 0) is 53.1 Å². The Balaban J connectivity index is 1.47. The standard InChI is InChI=1S/C30H28O4/c1-2-32-30(31)17-16-26-15-13-24(22-34-28-10-4-3-5-11-28)21-29(26)33-19-18-23-12-14-25-8-6-7-9-27(25)20-23/h3-17,20-21H,2,18-19,22H2,1H3. The molecule has 0 unspecified atom stereocenters. The van der Waals surface area contributed by atoms with Crippen molar-refractivity contribution in [3.63, 3.8) is 0 Å². The molecule has 0 aliphatic rings. The molecule has 4 aromatic carbocycles. The first-order chi connectivity index (χ1) is 16.7. The van der Waals surface area contributed by atoms with E-state index in [-0.39, 0.29) is 5.97 Å². The zero-order chi connectivity index (χ0) is 23.6. The number of para-hydroxylation sites is 1. The summed E-state index contributed by atoms with van der Waals surface area (Å²) in [4.78, 5) is 11.8. The van der Waals surface area contributed by atoms with Gasteiger partial charge in [0, 0.05) is 18.1 Å². The molecule has 4 heteroatoms. The van der Waals surface area contributed by atoms with Crippen molar-refractivity contribution in [2.75, 3.05) is 13.2 Å². The third-order valence-electron chi connectivity index (χ3n) is 5.37. The number of rotatable bonds is 10. The van der Waals surface area contributed by atoms with Crippen molar-refractivity contribution in [3.05, 3.63) is 114 Å². The number of benzene rings is 4. The molecular formula is C30H28O4. The van der Waals surface area contributed by atoms with Crippen molar-refractivity contribution < 1.29 is 19.0 Å². The minimum absolute atomic E-state index is 0.341. The molecular weight excluding hydrogens is 424 g/mol. The van der Waals surface area contributed by atoms with Crippen LogP contribution < -0.4 is 9.47 Å². The van der Waals surface area contributed by atoms with Crippen molar-refractivity contribution in [3.8, 4) is 11.5 Å². The fourth-order valence-electron chi connectivity index (χ4n) is 3.64. The number of carbonyl (C=O) groups excluding carboxylic acids is 1. The minimum atomic E-state index is -0.374. The predicted octanol–water partition coefficient (Wildman–Crippen LogP) is 6.62. The summed E-state index contributed by atoms with van der Waals surface area (Å²) in [5.74, 6) is 1.14. The predicted molar refractivity (Wildman–Crippen MR) is 136 cm³/mol. The summed E-state index contributed by atoms with van der Waals surface area (Å²) >= 11 is 0. The topological polar surface area (TPSA) is 44.8 Å². The second-order valence-electron chi connectivity index (χ2n) is 7.84. The van der Waals surface area contributed by atoms with Gasteiger partial charge in [-0.1, -0.05) is 72.8 Å². The Morgan fingerprint density at radius 3 is 2.38 bits per heavy atom. The van der Waals surface area contributed by atoms with Crippen molar-refractivity contribution in [1.82, 2.24) is 0 Å². The van der Waals surface area contributed by atoms with Crippen molar-refractivity contribution >= 4 is 22.8 Å². The summed E-state index contributed by atoms with van der Waals surface area (Å²) in [6, 6.07) is 30.4. The number of ether oxygens (including phenoxy) is 3. The lowest BCUT2D eigenvalue weighted by Gasteiger charge is -2.13. The quantitative estimate of drug-likeness (QED) is 0.200. The zero-order valence-electron chi connectivity index (χ0n) is 19.3.